The maximum absolute atomic E-state index is 12.9. The number of nitrogens with zero attached hydrogens (tertiary/aromatic N) is 4. The van der Waals surface area contributed by atoms with Crippen molar-refractivity contribution in [3.05, 3.63) is 117 Å². The highest BCUT2D eigenvalue weighted by Crippen LogP contribution is 2.21. The second-order valence-electron chi connectivity index (χ2n) is 8.64. The molecular weight excluding hydrogens is 502 g/mol. The zero-order valence-corrected chi connectivity index (χ0v) is 21.9. The molecule has 4 rings (SSSR count). The third-order valence-corrected chi connectivity index (χ3v) is 6.77. The smallest absolute Gasteiger partial charge is 0.337 e. The van der Waals surface area contributed by atoms with Crippen molar-refractivity contribution in [2.24, 2.45) is 0 Å². The molecule has 0 unspecified atom stereocenters. The number of aryl methyl sites for hydroxylation is 1. The van der Waals surface area contributed by atoms with Crippen LogP contribution in [0.3, 0.4) is 0 Å². The molecule has 4 aromatic rings. The Hall–Kier alpha value is -4.31. The highest BCUT2D eigenvalue weighted by Gasteiger charge is 2.14. The normalized spacial score (nSPS) is 10.7. The fourth-order valence-corrected chi connectivity index (χ4v) is 4.55. The van der Waals surface area contributed by atoms with Gasteiger partial charge in [-0.1, -0.05) is 53.7 Å². The van der Waals surface area contributed by atoms with Gasteiger partial charge in [0, 0.05) is 42.9 Å². The predicted octanol–water partition coefficient (Wildman–Crippen LogP) is 3.33. The number of esters is 1. The zero-order valence-electron chi connectivity index (χ0n) is 21.1. The first-order chi connectivity index (χ1) is 18.4. The van der Waals surface area contributed by atoms with Crippen LogP contribution < -0.4 is 10.9 Å². The first kappa shape index (κ1) is 26.7. The standard InChI is InChI=1S/C28H27N5O4S/c1-19-3-5-21(6-4-19)17-38-28-32-26(35)24(11-22-12-29-18-30-13-22)15-33(28)16-25(34)31-14-20-7-9-23(10-8-20)27(36)37-2/h3-10,12-13,15,18H,11,14,16-17H2,1-2H3,(H,31,34). The van der Waals surface area contributed by atoms with E-state index in [-0.39, 0.29) is 24.6 Å². The number of rotatable bonds is 10. The molecule has 0 radical (unpaired) electrons. The van der Waals surface area contributed by atoms with Crippen LogP contribution in [0.2, 0.25) is 0 Å². The Balaban J connectivity index is 1.50. The number of amides is 1. The van der Waals surface area contributed by atoms with E-state index in [9.17, 15) is 14.4 Å². The monoisotopic (exact) mass is 529 g/mol. The quantitative estimate of drug-likeness (QED) is 0.189. The first-order valence-corrected chi connectivity index (χ1v) is 12.9. The second kappa shape index (κ2) is 12.8. The third kappa shape index (κ3) is 7.36. The lowest BCUT2D eigenvalue weighted by Crippen LogP contribution is -2.29. The number of carbonyl (C=O) groups excluding carboxylic acids is 2. The van der Waals surface area contributed by atoms with Crippen molar-refractivity contribution in [2.45, 2.75) is 37.3 Å². The molecule has 38 heavy (non-hydrogen) atoms. The number of methoxy groups -OCH3 is 1. The molecule has 10 heteroatoms. The van der Waals surface area contributed by atoms with Gasteiger partial charge in [-0.15, -0.1) is 0 Å². The third-order valence-electron chi connectivity index (χ3n) is 5.71. The van der Waals surface area contributed by atoms with Crippen LogP contribution in [0.5, 0.6) is 0 Å². The summed E-state index contributed by atoms with van der Waals surface area (Å²) >= 11 is 1.40. The molecule has 2 aromatic heterocycles. The number of thioether (sulfide) groups is 1. The van der Waals surface area contributed by atoms with E-state index in [2.05, 4.69) is 20.3 Å². The van der Waals surface area contributed by atoms with Gasteiger partial charge in [0.25, 0.3) is 5.56 Å². The Morgan fingerprint density at radius 2 is 1.66 bits per heavy atom. The molecule has 9 nitrogen and oxygen atoms in total. The Kier molecular flexibility index (Phi) is 8.99. The minimum Gasteiger partial charge on any atom is -0.465 e. The van der Waals surface area contributed by atoms with E-state index in [1.165, 1.54) is 30.8 Å². The second-order valence-corrected chi connectivity index (χ2v) is 9.59. The minimum atomic E-state index is -0.417. The summed E-state index contributed by atoms with van der Waals surface area (Å²) in [6, 6.07) is 15.0. The summed E-state index contributed by atoms with van der Waals surface area (Å²) in [7, 11) is 1.33. The Morgan fingerprint density at radius 3 is 2.34 bits per heavy atom. The molecule has 1 amide bonds. The molecule has 0 saturated heterocycles. The molecule has 0 aliphatic rings. The van der Waals surface area contributed by atoms with Crippen LogP contribution >= 0.6 is 11.8 Å². The summed E-state index contributed by atoms with van der Waals surface area (Å²) in [5, 5.41) is 3.35. The largest absolute Gasteiger partial charge is 0.465 e. The average molecular weight is 530 g/mol. The number of carbonyl (C=O) groups is 2. The summed E-state index contributed by atoms with van der Waals surface area (Å²) in [5.74, 6) is -0.0502. The molecule has 0 aliphatic carbocycles. The van der Waals surface area contributed by atoms with Gasteiger partial charge in [-0.3, -0.25) is 9.59 Å². The molecule has 0 saturated carbocycles. The minimum absolute atomic E-state index is 0.0119. The lowest BCUT2D eigenvalue weighted by atomic mass is 10.1. The summed E-state index contributed by atoms with van der Waals surface area (Å²) in [6.45, 7) is 2.30. The van der Waals surface area contributed by atoms with Crippen LogP contribution in [0, 0.1) is 6.92 Å². The van der Waals surface area contributed by atoms with Gasteiger partial charge in [0.15, 0.2) is 5.16 Å². The average Bonchev–Trinajstić information content (AvgIpc) is 2.94. The van der Waals surface area contributed by atoms with Gasteiger partial charge >= 0.3 is 5.97 Å². The van der Waals surface area contributed by atoms with E-state index in [0.29, 0.717) is 28.5 Å². The highest BCUT2D eigenvalue weighted by atomic mass is 32.2. The number of hydrogen-bond donors (Lipinski definition) is 1. The Labute approximate surface area is 224 Å². The number of ether oxygens (including phenoxy) is 1. The fraction of sp³-hybridized carbons (Fsp3) is 0.214. The lowest BCUT2D eigenvalue weighted by Gasteiger charge is -2.14. The van der Waals surface area contributed by atoms with E-state index in [1.54, 1.807) is 47.4 Å². The molecular formula is C28H27N5O4S. The van der Waals surface area contributed by atoms with E-state index < -0.39 is 5.97 Å². The number of hydrogen-bond acceptors (Lipinski definition) is 8. The Bertz CT molecular complexity index is 1460. The molecule has 0 spiro atoms. The van der Waals surface area contributed by atoms with Crippen molar-refractivity contribution in [2.75, 3.05) is 7.11 Å². The molecule has 0 fully saturated rings. The van der Waals surface area contributed by atoms with Gasteiger partial charge < -0.3 is 14.6 Å². The van der Waals surface area contributed by atoms with E-state index in [4.69, 9.17) is 4.74 Å². The van der Waals surface area contributed by atoms with Gasteiger partial charge in [0.1, 0.15) is 12.9 Å². The molecule has 0 aliphatic heterocycles. The predicted molar refractivity (Wildman–Crippen MR) is 144 cm³/mol. The van der Waals surface area contributed by atoms with Crippen molar-refractivity contribution >= 4 is 23.6 Å². The van der Waals surface area contributed by atoms with Crippen molar-refractivity contribution in [3.63, 3.8) is 0 Å². The first-order valence-electron chi connectivity index (χ1n) is 11.9. The molecule has 2 aromatic carbocycles. The maximum Gasteiger partial charge on any atom is 0.337 e. The van der Waals surface area contributed by atoms with Crippen LogP contribution in [0.15, 0.2) is 83.4 Å². The van der Waals surface area contributed by atoms with Crippen molar-refractivity contribution in [1.82, 2.24) is 24.8 Å². The lowest BCUT2D eigenvalue weighted by molar-refractivity contribution is -0.122. The molecule has 1 N–H and O–H groups in total. The maximum atomic E-state index is 12.9. The number of benzene rings is 2. The van der Waals surface area contributed by atoms with Crippen LogP contribution in [-0.4, -0.2) is 38.5 Å². The SMILES string of the molecule is COC(=O)c1ccc(CNC(=O)Cn2cc(Cc3cncnc3)c(=O)nc2SCc2ccc(C)cc2)cc1. The number of aromatic nitrogens is 4. The van der Waals surface area contributed by atoms with E-state index >= 15 is 0 Å². The van der Waals surface area contributed by atoms with Gasteiger partial charge in [0.2, 0.25) is 5.91 Å². The van der Waals surface area contributed by atoms with Gasteiger partial charge in [-0.2, -0.15) is 4.98 Å². The molecule has 0 atom stereocenters. The van der Waals surface area contributed by atoms with Gasteiger partial charge in [-0.05, 0) is 35.7 Å². The van der Waals surface area contributed by atoms with E-state index in [1.807, 2.05) is 31.2 Å². The van der Waals surface area contributed by atoms with Gasteiger partial charge in [0.05, 0.1) is 12.7 Å². The Morgan fingerprint density at radius 1 is 0.974 bits per heavy atom. The highest BCUT2D eigenvalue weighted by molar-refractivity contribution is 7.98. The van der Waals surface area contributed by atoms with Crippen LogP contribution in [0.4, 0.5) is 0 Å². The molecule has 194 valence electrons. The van der Waals surface area contributed by atoms with Crippen molar-refractivity contribution in [1.29, 1.82) is 0 Å². The summed E-state index contributed by atoms with van der Waals surface area (Å²) in [6.07, 6.45) is 6.72. The van der Waals surface area contributed by atoms with Crippen LogP contribution in [0.25, 0.3) is 0 Å². The van der Waals surface area contributed by atoms with Crippen LogP contribution in [0.1, 0.15) is 38.2 Å². The van der Waals surface area contributed by atoms with Crippen molar-refractivity contribution in [3.8, 4) is 0 Å². The fourth-order valence-electron chi connectivity index (χ4n) is 3.63. The van der Waals surface area contributed by atoms with Crippen LogP contribution in [-0.2, 0) is 34.8 Å². The summed E-state index contributed by atoms with van der Waals surface area (Å²) in [5.41, 5.74) is 4.41. The topological polar surface area (TPSA) is 116 Å². The van der Waals surface area contributed by atoms with Gasteiger partial charge in [-0.25, -0.2) is 14.8 Å². The van der Waals surface area contributed by atoms with Crippen molar-refractivity contribution < 1.29 is 14.3 Å². The molecule has 2 heterocycles. The number of nitrogens with one attached hydrogen (secondary N) is 1. The summed E-state index contributed by atoms with van der Waals surface area (Å²) < 4.78 is 6.42. The zero-order chi connectivity index (χ0) is 26.9. The van der Waals surface area contributed by atoms with E-state index in [0.717, 1.165) is 16.7 Å². The summed E-state index contributed by atoms with van der Waals surface area (Å²) in [4.78, 5) is 49.7. The molecule has 0 bridgehead atoms.